The third kappa shape index (κ3) is 5.90. The molecule has 35 heavy (non-hydrogen) atoms. The Morgan fingerprint density at radius 2 is 1.89 bits per heavy atom. The summed E-state index contributed by atoms with van der Waals surface area (Å²) in [6, 6.07) is 22.2. The maximum atomic E-state index is 13.6. The number of carbonyl (C=O) groups is 1. The van der Waals surface area contributed by atoms with E-state index in [1.54, 1.807) is 16.2 Å². The van der Waals surface area contributed by atoms with Crippen LogP contribution in [0.5, 0.6) is 5.75 Å². The molecule has 3 saturated heterocycles. The van der Waals surface area contributed by atoms with Gasteiger partial charge in [-0.05, 0) is 64.8 Å². The largest absolute Gasteiger partial charge is 0.488 e. The average molecular weight is 557 g/mol. The smallest absolute Gasteiger partial charge is 0.415 e. The fraction of sp³-hybridized carbons (Fsp3) is 0.393. The number of nitrogens with zero attached hydrogens (tertiary/aromatic N) is 2. The molecule has 0 aliphatic carbocycles. The van der Waals surface area contributed by atoms with Crippen LogP contribution in [-0.2, 0) is 11.3 Å². The van der Waals surface area contributed by atoms with E-state index in [-0.39, 0.29) is 12.2 Å². The summed E-state index contributed by atoms with van der Waals surface area (Å²) in [6.07, 6.45) is 1.90. The number of amides is 1. The molecule has 2 bridgehead atoms. The molecule has 7 heteroatoms. The molecule has 3 fully saturated rings. The molecule has 184 valence electrons. The van der Waals surface area contributed by atoms with E-state index < -0.39 is 0 Å². The van der Waals surface area contributed by atoms with Crippen molar-refractivity contribution in [3.63, 3.8) is 0 Å². The molecule has 0 saturated carbocycles. The van der Waals surface area contributed by atoms with Gasteiger partial charge in [-0.3, -0.25) is 4.90 Å². The van der Waals surface area contributed by atoms with Crippen molar-refractivity contribution < 1.29 is 18.8 Å². The predicted molar refractivity (Wildman–Crippen MR) is 144 cm³/mol. The normalized spacial score (nSPS) is 23.1. The molecular formula is C28H32BrN2O3S+. The number of rotatable bonds is 8. The van der Waals surface area contributed by atoms with Gasteiger partial charge in [0.2, 0.25) is 0 Å². The van der Waals surface area contributed by atoms with Gasteiger partial charge in [0.05, 0.1) is 23.4 Å². The molecule has 1 atom stereocenters. The lowest BCUT2D eigenvalue weighted by molar-refractivity contribution is -0.946. The number of thiophene rings is 1. The summed E-state index contributed by atoms with van der Waals surface area (Å²) in [5.74, 6) is 1.36. The van der Waals surface area contributed by atoms with Gasteiger partial charge in [-0.2, -0.15) is 0 Å². The highest BCUT2D eigenvalue weighted by molar-refractivity contribution is 9.11. The molecule has 4 heterocycles. The third-order valence-electron chi connectivity index (χ3n) is 7.35. The first-order valence-electron chi connectivity index (χ1n) is 12.3. The van der Waals surface area contributed by atoms with Gasteiger partial charge in [-0.15, -0.1) is 11.3 Å². The highest BCUT2D eigenvalue weighted by atomic mass is 79.9. The number of benzene rings is 2. The number of para-hydroxylation sites is 1. The van der Waals surface area contributed by atoms with Crippen molar-refractivity contribution in [2.45, 2.75) is 32.4 Å². The van der Waals surface area contributed by atoms with Crippen molar-refractivity contribution in [1.29, 1.82) is 0 Å². The third-order valence-corrected chi connectivity index (χ3v) is 8.96. The monoisotopic (exact) mass is 555 g/mol. The van der Waals surface area contributed by atoms with Gasteiger partial charge >= 0.3 is 6.09 Å². The van der Waals surface area contributed by atoms with Crippen molar-refractivity contribution >= 4 is 39.0 Å². The Morgan fingerprint density at radius 3 is 2.60 bits per heavy atom. The first kappa shape index (κ1) is 24.3. The Hall–Kier alpha value is -2.35. The van der Waals surface area contributed by atoms with Gasteiger partial charge in [-0.25, -0.2) is 4.79 Å². The topological polar surface area (TPSA) is 38.8 Å². The lowest BCUT2D eigenvalue weighted by Crippen LogP contribution is -2.65. The van der Waals surface area contributed by atoms with Crippen molar-refractivity contribution in [3.8, 4) is 5.75 Å². The van der Waals surface area contributed by atoms with Gasteiger partial charge < -0.3 is 14.0 Å². The maximum absolute atomic E-state index is 13.6. The Bertz CT molecular complexity index is 1140. The number of hydrogen-bond donors (Lipinski definition) is 0. The van der Waals surface area contributed by atoms with Gasteiger partial charge in [0, 0.05) is 29.3 Å². The van der Waals surface area contributed by atoms with Crippen LogP contribution < -0.4 is 9.64 Å². The number of anilines is 1. The van der Waals surface area contributed by atoms with E-state index in [2.05, 4.69) is 28.1 Å². The minimum Gasteiger partial charge on any atom is -0.488 e. The van der Waals surface area contributed by atoms with Crippen molar-refractivity contribution in [3.05, 3.63) is 81.0 Å². The molecule has 1 unspecified atom stereocenters. The van der Waals surface area contributed by atoms with Gasteiger partial charge in [-0.1, -0.05) is 30.3 Å². The quantitative estimate of drug-likeness (QED) is 0.292. The molecule has 3 aliphatic heterocycles. The predicted octanol–water partition coefficient (Wildman–Crippen LogP) is 6.65. The van der Waals surface area contributed by atoms with Gasteiger partial charge in [0.25, 0.3) is 0 Å². The number of piperidine rings is 3. The number of quaternary nitrogens is 1. The second-order valence-electron chi connectivity index (χ2n) is 9.75. The molecule has 1 aromatic heterocycles. The summed E-state index contributed by atoms with van der Waals surface area (Å²) in [5, 5.41) is 0. The summed E-state index contributed by atoms with van der Waals surface area (Å²) in [7, 11) is 0. The van der Waals surface area contributed by atoms with Crippen LogP contribution in [-0.4, -0.2) is 49.5 Å². The molecule has 5 nitrogen and oxygen atoms in total. The molecule has 0 radical (unpaired) electrons. The first-order chi connectivity index (χ1) is 17.0. The van der Waals surface area contributed by atoms with Crippen molar-refractivity contribution in [2.75, 3.05) is 37.7 Å². The van der Waals surface area contributed by atoms with E-state index in [0.29, 0.717) is 19.1 Å². The van der Waals surface area contributed by atoms with Crippen molar-refractivity contribution in [1.82, 2.24) is 0 Å². The fourth-order valence-corrected chi connectivity index (χ4v) is 6.86. The van der Waals surface area contributed by atoms with Crippen LogP contribution in [0, 0.1) is 12.8 Å². The van der Waals surface area contributed by atoms with Crippen LogP contribution in [0.25, 0.3) is 0 Å². The van der Waals surface area contributed by atoms with E-state index in [1.165, 1.54) is 0 Å². The zero-order valence-corrected chi connectivity index (χ0v) is 22.5. The molecule has 2 aromatic carbocycles. The molecule has 0 N–H and O–H groups in total. The van der Waals surface area contributed by atoms with E-state index in [4.69, 9.17) is 9.47 Å². The Kier molecular flexibility index (Phi) is 7.46. The van der Waals surface area contributed by atoms with Gasteiger partial charge in [0.15, 0.2) is 6.10 Å². The summed E-state index contributed by atoms with van der Waals surface area (Å²) in [4.78, 5) is 16.5. The summed E-state index contributed by atoms with van der Waals surface area (Å²) >= 11 is 5.19. The van der Waals surface area contributed by atoms with E-state index >= 15 is 0 Å². The first-order valence-corrected chi connectivity index (χ1v) is 13.9. The Morgan fingerprint density at radius 1 is 1.09 bits per heavy atom. The summed E-state index contributed by atoms with van der Waals surface area (Å²) < 4.78 is 14.3. The number of fused-ring (bicyclic) bond motifs is 3. The summed E-state index contributed by atoms with van der Waals surface area (Å²) in [6.45, 7) is 7.33. The number of hydrogen-bond acceptors (Lipinski definition) is 4. The molecule has 6 rings (SSSR count). The van der Waals surface area contributed by atoms with E-state index in [9.17, 15) is 4.79 Å². The van der Waals surface area contributed by atoms with Crippen molar-refractivity contribution in [2.24, 2.45) is 5.92 Å². The van der Waals surface area contributed by atoms with Crippen LogP contribution in [0.1, 0.15) is 23.3 Å². The zero-order valence-electron chi connectivity index (χ0n) is 20.1. The SMILES string of the molecule is Cc1cccc(N(Cc2ccc(Br)s2)C(=O)OC2C[N+]3(CCOc4ccccc4)CCC2CC3)c1. The van der Waals surface area contributed by atoms with Gasteiger partial charge in [0.1, 0.15) is 25.4 Å². The maximum Gasteiger partial charge on any atom is 0.415 e. The lowest BCUT2D eigenvalue weighted by Gasteiger charge is -2.52. The number of aryl methyl sites for hydroxylation is 1. The zero-order chi connectivity index (χ0) is 24.3. The van der Waals surface area contributed by atoms with E-state index in [0.717, 1.165) is 69.2 Å². The van der Waals surface area contributed by atoms with Crippen LogP contribution >= 0.6 is 27.3 Å². The van der Waals surface area contributed by atoms with Crippen LogP contribution in [0.3, 0.4) is 0 Å². The highest BCUT2D eigenvalue weighted by Gasteiger charge is 2.48. The summed E-state index contributed by atoms with van der Waals surface area (Å²) in [5.41, 5.74) is 2.00. The van der Waals surface area contributed by atoms with E-state index in [1.807, 2.05) is 61.5 Å². The second-order valence-corrected chi connectivity index (χ2v) is 12.3. The Balaban J connectivity index is 1.26. The highest BCUT2D eigenvalue weighted by Crippen LogP contribution is 2.36. The average Bonchev–Trinajstić information content (AvgIpc) is 3.28. The minimum atomic E-state index is -0.252. The Labute approximate surface area is 220 Å². The lowest BCUT2D eigenvalue weighted by atomic mass is 9.83. The standard InChI is InChI=1S/C28H32BrN2O3S/c1-21-6-5-7-23(18-21)30(19-25-10-11-27(29)35-25)28(32)34-26-20-31(14-12-22(26)13-15-31)16-17-33-24-8-3-2-4-9-24/h2-11,18,22,26H,12-17,19-20H2,1H3/q+1. The molecule has 3 aliphatic rings. The number of halogens is 1. The number of carbonyl (C=O) groups excluding carboxylic acids is 1. The molecular weight excluding hydrogens is 524 g/mol. The molecule has 0 spiro atoms. The number of ether oxygens (including phenoxy) is 2. The van der Waals surface area contributed by atoms with Crippen LogP contribution in [0.4, 0.5) is 10.5 Å². The fourth-order valence-electron chi connectivity index (χ4n) is 5.39. The van der Waals surface area contributed by atoms with Crippen LogP contribution in [0.15, 0.2) is 70.5 Å². The molecule has 3 aromatic rings. The molecule has 1 amide bonds. The second kappa shape index (κ2) is 10.7. The minimum absolute atomic E-state index is 0.0518. The van der Waals surface area contributed by atoms with Crippen LogP contribution in [0.2, 0.25) is 0 Å².